The first kappa shape index (κ1) is 29.5. The zero-order chi connectivity index (χ0) is 22.4. The average Bonchev–Trinajstić information content (AvgIpc) is 3.39. The Bertz CT molecular complexity index is 1040. The Kier molecular flexibility index (Phi) is 11.9. The van der Waals surface area contributed by atoms with Gasteiger partial charge in [-0.3, -0.25) is 26.2 Å². The Morgan fingerprint density at radius 2 is 2.03 bits per heavy atom. The number of anilines is 1. The van der Waals surface area contributed by atoms with Crippen LogP contribution in [0.1, 0.15) is 42.7 Å². The molecule has 1 saturated heterocycles. The third-order valence-corrected chi connectivity index (χ3v) is 5.35. The van der Waals surface area contributed by atoms with Crippen molar-refractivity contribution < 1.29 is 45.4 Å². The molecule has 0 aliphatic carbocycles. The fraction of sp³-hybridized carbons (Fsp3) is 0.364. The van der Waals surface area contributed by atoms with E-state index in [-0.39, 0.29) is 50.0 Å². The first-order valence-electron chi connectivity index (χ1n) is 9.60. The molecule has 4 heterocycles. The maximum atomic E-state index is 12.6. The first-order valence-corrected chi connectivity index (χ1v) is 10.8. The van der Waals surface area contributed by atoms with E-state index < -0.39 is 0 Å². The molecule has 3 aromatic rings. The number of nitrogens with one attached hydrogen (secondary N) is 1. The van der Waals surface area contributed by atoms with Gasteiger partial charge in [0.25, 0.3) is 0 Å². The van der Waals surface area contributed by atoms with Gasteiger partial charge in [-0.15, -0.1) is 0 Å². The van der Waals surface area contributed by atoms with Crippen LogP contribution in [0.5, 0.6) is 5.75 Å². The Morgan fingerprint density at radius 1 is 1.27 bits per heavy atom. The van der Waals surface area contributed by atoms with E-state index in [9.17, 15) is 4.79 Å². The molecule has 0 radical (unpaired) electrons. The van der Waals surface area contributed by atoms with Crippen molar-refractivity contribution in [3.8, 4) is 16.9 Å². The number of carbonyl (C=O) groups excluding carboxylic acids is 1. The second-order valence-corrected chi connectivity index (χ2v) is 8.60. The summed E-state index contributed by atoms with van der Waals surface area (Å²) >= 11 is 7.11. The van der Waals surface area contributed by atoms with Crippen LogP contribution in [-0.2, 0) is 4.74 Å². The molecule has 0 aromatic carbocycles. The van der Waals surface area contributed by atoms with Gasteiger partial charge in [0, 0.05) is 29.6 Å². The summed E-state index contributed by atoms with van der Waals surface area (Å²) in [5, 5.41) is 10.6. The van der Waals surface area contributed by atoms with Crippen molar-refractivity contribution >= 4 is 34.0 Å². The maximum Gasteiger partial charge on any atom is 2.00 e. The predicted molar refractivity (Wildman–Crippen MR) is 126 cm³/mol. The Morgan fingerprint density at radius 3 is 2.58 bits per heavy atom. The number of amides is 1. The van der Waals surface area contributed by atoms with Gasteiger partial charge in [0.15, 0.2) is 0 Å². The molecule has 174 valence electrons. The van der Waals surface area contributed by atoms with Crippen LogP contribution in [0.4, 0.5) is 5.13 Å². The molecule has 1 aliphatic heterocycles. The van der Waals surface area contributed by atoms with Gasteiger partial charge in [-0.2, -0.15) is 0 Å². The minimum Gasteiger partial charge on any atom is -0.494 e. The number of methoxy groups -OCH3 is 1. The molecule has 0 bridgehead atoms. The summed E-state index contributed by atoms with van der Waals surface area (Å²) in [6, 6.07) is 3.43. The van der Waals surface area contributed by atoms with Crippen LogP contribution in [-0.4, -0.2) is 45.4 Å². The first-order chi connectivity index (χ1) is 14.8. The van der Waals surface area contributed by atoms with Gasteiger partial charge in [0.1, 0.15) is 10.9 Å². The van der Waals surface area contributed by atoms with Crippen LogP contribution in [0.25, 0.3) is 11.1 Å². The number of hydrogen-bond donors (Lipinski definition) is 1. The summed E-state index contributed by atoms with van der Waals surface area (Å²) in [4.78, 5) is 20.8. The molecule has 0 unspecified atom stereocenters. The van der Waals surface area contributed by atoms with E-state index in [0.717, 1.165) is 23.6 Å². The number of nitrogens with zero attached hydrogens (tertiary/aromatic N) is 4. The molecule has 3 aromatic heterocycles. The summed E-state index contributed by atoms with van der Waals surface area (Å²) in [5.41, 5.74) is 5.16. The zero-order valence-electron chi connectivity index (χ0n) is 19.2. The largest absolute Gasteiger partial charge is 2.00 e. The van der Waals surface area contributed by atoms with Crippen molar-refractivity contribution in [3.05, 3.63) is 53.9 Å². The van der Waals surface area contributed by atoms with Crippen molar-refractivity contribution in [1.29, 1.82) is 0 Å². The maximum absolute atomic E-state index is 12.6. The number of halogens is 1. The molecule has 0 atom stereocenters. The van der Waals surface area contributed by atoms with Crippen molar-refractivity contribution in [2.24, 2.45) is 0 Å². The standard InChI is InChI=1S/C15H11ClN5O2S.C6H12O.CH3.U/c1-8-3-9(10-4-13(16)18-6-12(10)23-2)11(5-17-8)14(22)20-15-21-19-7-24-15;1-6(2)4-3-5-7-6;;/h3-6H,1-2H3,(H,20,21,22);3-5H2,1-2H3;1H3;/q-1;;-1;+2. The summed E-state index contributed by atoms with van der Waals surface area (Å²) in [6.45, 7) is 7.08. The predicted octanol–water partition coefficient (Wildman–Crippen LogP) is 5.04. The molecule has 1 aliphatic rings. The van der Waals surface area contributed by atoms with Crippen LogP contribution in [0.15, 0.2) is 24.5 Å². The van der Waals surface area contributed by atoms with E-state index in [0.29, 0.717) is 32.7 Å². The van der Waals surface area contributed by atoms with E-state index in [4.69, 9.17) is 21.1 Å². The molecule has 0 saturated carbocycles. The van der Waals surface area contributed by atoms with Gasteiger partial charge < -0.3 is 22.2 Å². The van der Waals surface area contributed by atoms with Crippen LogP contribution in [0.3, 0.4) is 0 Å². The number of carbonyl (C=O) groups is 1. The van der Waals surface area contributed by atoms with Gasteiger partial charge in [-0.05, 0) is 45.7 Å². The molecule has 33 heavy (non-hydrogen) atoms. The summed E-state index contributed by atoms with van der Waals surface area (Å²) in [7, 11) is 1.53. The van der Waals surface area contributed by atoms with Gasteiger partial charge in [0.05, 0.1) is 29.6 Å². The molecule has 11 heteroatoms. The fourth-order valence-electron chi connectivity index (χ4n) is 3.04. The summed E-state index contributed by atoms with van der Waals surface area (Å²) < 4.78 is 10.7. The normalized spacial score (nSPS) is 13.6. The SMILES string of the molecule is CC1(C)CCCO1.COc1cnc(Cl)cc1-c1cc(C)ncc1C(=O)Nc1nn[c-]s1.[CH3-].[U+2]. The second-order valence-electron chi connectivity index (χ2n) is 7.44. The third kappa shape index (κ3) is 8.30. The van der Waals surface area contributed by atoms with Crippen molar-refractivity contribution in [3.63, 3.8) is 0 Å². The smallest absolute Gasteiger partial charge is 0.494 e. The number of pyridine rings is 2. The van der Waals surface area contributed by atoms with Crippen molar-refractivity contribution in [2.75, 3.05) is 19.0 Å². The summed E-state index contributed by atoms with van der Waals surface area (Å²) in [6.07, 6.45) is 5.48. The zero-order valence-corrected chi connectivity index (χ0v) is 25.0. The van der Waals surface area contributed by atoms with Gasteiger partial charge in [-0.25, -0.2) is 10.1 Å². The van der Waals surface area contributed by atoms with E-state index in [2.05, 4.69) is 44.8 Å². The molecule has 4 rings (SSSR count). The van der Waals surface area contributed by atoms with E-state index in [1.807, 2.05) is 6.92 Å². The number of rotatable bonds is 4. The van der Waals surface area contributed by atoms with E-state index >= 15 is 0 Å². The molecule has 8 nitrogen and oxygen atoms in total. The van der Waals surface area contributed by atoms with Gasteiger partial charge in [-0.1, -0.05) is 17.1 Å². The fourth-order valence-corrected chi connectivity index (χ4v) is 3.59. The van der Waals surface area contributed by atoms with Gasteiger partial charge >= 0.3 is 31.1 Å². The Labute approximate surface area is 227 Å². The molecular weight excluding hydrogens is 688 g/mol. The quantitative estimate of drug-likeness (QED) is 0.299. The second kappa shape index (κ2) is 13.4. The molecule has 1 amide bonds. The number of aromatic nitrogens is 4. The molecule has 0 spiro atoms. The minimum atomic E-state index is -0.363. The summed E-state index contributed by atoms with van der Waals surface area (Å²) in [5.74, 6) is 0.140. The Balaban J connectivity index is 0.000000521. The Hall–Kier alpha value is -1.57. The number of hydrogen-bond acceptors (Lipinski definition) is 8. The number of aryl methyl sites for hydroxylation is 1. The van der Waals surface area contributed by atoms with Gasteiger partial charge in [0.2, 0.25) is 5.91 Å². The van der Waals surface area contributed by atoms with Crippen molar-refractivity contribution in [2.45, 2.75) is 39.2 Å². The molecular formula is C22H26ClN5O3SU. The van der Waals surface area contributed by atoms with E-state index in [1.54, 1.807) is 12.1 Å². The van der Waals surface area contributed by atoms with E-state index in [1.165, 1.54) is 32.3 Å². The monoisotopic (exact) mass is 713 g/mol. The van der Waals surface area contributed by atoms with Crippen LogP contribution in [0, 0.1) is 51.0 Å². The van der Waals surface area contributed by atoms with Crippen molar-refractivity contribution in [1.82, 2.24) is 20.2 Å². The van der Waals surface area contributed by atoms with Crippen LogP contribution in [0.2, 0.25) is 5.15 Å². The van der Waals surface area contributed by atoms with Crippen LogP contribution < -0.4 is 10.1 Å². The molecule has 1 fully saturated rings. The average molecular weight is 714 g/mol. The third-order valence-electron chi connectivity index (χ3n) is 4.59. The minimum absolute atomic E-state index is 0. The molecule has 1 N–H and O–H groups in total. The van der Waals surface area contributed by atoms with Crippen LogP contribution >= 0.6 is 22.9 Å². The topological polar surface area (TPSA) is 99.1 Å². The number of ether oxygens (including phenoxy) is 2.